The monoisotopic (exact) mass is 397 g/mol. The lowest BCUT2D eigenvalue weighted by Crippen LogP contribution is -2.59. The molecule has 27 heavy (non-hydrogen) atoms. The van der Waals surface area contributed by atoms with Crippen LogP contribution in [0.2, 0.25) is 18.1 Å². The first-order valence-corrected chi connectivity index (χ1v) is 13.1. The van der Waals surface area contributed by atoms with Crippen molar-refractivity contribution in [3.8, 4) is 6.07 Å². The van der Waals surface area contributed by atoms with E-state index in [4.69, 9.17) is 13.9 Å². The van der Waals surface area contributed by atoms with Gasteiger partial charge in [0.25, 0.3) is 0 Å². The van der Waals surface area contributed by atoms with Crippen molar-refractivity contribution in [2.75, 3.05) is 14.2 Å². The Bertz CT molecular complexity index is 566. The molecule has 0 aromatic heterocycles. The molecule has 2 aliphatic carbocycles. The molecule has 5 atom stereocenters. The van der Waals surface area contributed by atoms with Crippen molar-refractivity contribution in [1.82, 2.24) is 0 Å². The zero-order chi connectivity index (χ0) is 20.7. The van der Waals surface area contributed by atoms with Crippen LogP contribution in [0.4, 0.5) is 0 Å². The van der Waals surface area contributed by atoms with Crippen molar-refractivity contribution >= 4 is 8.32 Å². The molecule has 0 heterocycles. The number of hydrogen-bond acceptors (Lipinski definition) is 5. The maximum Gasteiger partial charge on any atom is 0.192 e. The molecule has 0 aliphatic heterocycles. The van der Waals surface area contributed by atoms with Gasteiger partial charge in [0.15, 0.2) is 14.6 Å². The van der Waals surface area contributed by atoms with Crippen LogP contribution in [0.5, 0.6) is 0 Å². The first-order chi connectivity index (χ1) is 12.4. The van der Waals surface area contributed by atoms with Gasteiger partial charge in [-0.25, -0.2) is 0 Å². The van der Waals surface area contributed by atoms with E-state index in [1.165, 1.54) is 0 Å². The molecule has 0 bridgehead atoms. The molecule has 2 saturated carbocycles. The number of hydrogen-bond donors (Lipinski definition) is 1. The van der Waals surface area contributed by atoms with Gasteiger partial charge >= 0.3 is 0 Å². The summed E-state index contributed by atoms with van der Waals surface area (Å²) in [6.45, 7) is 13.4. The summed E-state index contributed by atoms with van der Waals surface area (Å²) >= 11 is 0. The Balaban J connectivity index is 2.26. The average Bonchev–Trinajstić information content (AvgIpc) is 2.83. The lowest BCUT2D eigenvalue weighted by atomic mass is 9.56. The van der Waals surface area contributed by atoms with Crippen molar-refractivity contribution < 1.29 is 19.0 Å². The Labute approximate surface area is 166 Å². The number of fused-ring (bicyclic) bond motifs is 1. The van der Waals surface area contributed by atoms with Gasteiger partial charge in [0.05, 0.1) is 23.7 Å². The predicted octanol–water partition coefficient (Wildman–Crippen LogP) is 4.47. The topological polar surface area (TPSA) is 71.7 Å². The van der Waals surface area contributed by atoms with E-state index in [1.54, 1.807) is 14.2 Å². The van der Waals surface area contributed by atoms with E-state index in [0.717, 1.165) is 19.3 Å². The third kappa shape index (κ3) is 3.86. The lowest BCUT2D eigenvalue weighted by Gasteiger charge is -2.53. The van der Waals surface area contributed by atoms with Crippen molar-refractivity contribution in [3.05, 3.63) is 0 Å². The molecule has 156 valence electrons. The number of methoxy groups -OCH3 is 2. The standard InChI is InChI=1S/C21H39NO4Si/c1-19(2,3)27(7,8)26-17-10-12-21(23)16(14-22)15(9-11-20(17,21)4)13-18(24-5)25-6/h15-18,23H,9-13H2,1-8H3/t15-,16+,17-,20+,21-/m1/s1. The van der Waals surface area contributed by atoms with Gasteiger partial charge in [0, 0.05) is 26.1 Å². The van der Waals surface area contributed by atoms with Gasteiger partial charge in [0.1, 0.15) is 0 Å². The van der Waals surface area contributed by atoms with E-state index in [9.17, 15) is 10.4 Å². The fourth-order valence-corrected chi connectivity index (χ4v) is 6.33. The predicted molar refractivity (Wildman–Crippen MR) is 109 cm³/mol. The number of rotatable bonds is 6. The van der Waals surface area contributed by atoms with Gasteiger partial charge < -0.3 is 19.0 Å². The van der Waals surface area contributed by atoms with Crippen LogP contribution in [-0.2, 0) is 13.9 Å². The maximum absolute atomic E-state index is 11.8. The Morgan fingerprint density at radius 2 is 1.78 bits per heavy atom. The number of nitriles is 1. The highest BCUT2D eigenvalue weighted by atomic mass is 28.4. The molecule has 2 rings (SSSR count). The third-order valence-corrected chi connectivity index (χ3v) is 12.4. The summed E-state index contributed by atoms with van der Waals surface area (Å²) in [5.74, 6) is -0.346. The summed E-state index contributed by atoms with van der Waals surface area (Å²) in [5.41, 5.74) is -1.39. The van der Waals surface area contributed by atoms with E-state index in [-0.39, 0.29) is 28.8 Å². The summed E-state index contributed by atoms with van der Waals surface area (Å²) in [4.78, 5) is 0. The maximum atomic E-state index is 11.8. The summed E-state index contributed by atoms with van der Waals surface area (Å²) < 4.78 is 17.5. The smallest absolute Gasteiger partial charge is 0.192 e. The van der Waals surface area contributed by atoms with Gasteiger partial charge in [-0.1, -0.05) is 27.7 Å². The molecule has 5 nitrogen and oxygen atoms in total. The molecule has 1 N–H and O–H groups in total. The highest BCUT2D eigenvalue weighted by molar-refractivity contribution is 6.74. The summed E-state index contributed by atoms with van der Waals surface area (Å²) in [5, 5.41) is 21.9. The Morgan fingerprint density at radius 1 is 1.19 bits per heavy atom. The van der Waals surface area contributed by atoms with Gasteiger partial charge in [-0.15, -0.1) is 0 Å². The van der Waals surface area contributed by atoms with Crippen LogP contribution in [0.25, 0.3) is 0 Å². The normalized spacial score (nSPS) is 37.3. The summed E-state index contributed by atoms with van der Waals surface area (Å²) in [7, 11) is 1.29. The van der Waals surface area contributed by atoms with Crippen LogP contribution < -0.4 is 0 Å². The Kier molecular flexibility index (Phi) is 6.56. The van der Waals surface area contributed by atoms with Crippen LogP contribution >= 0.6 is 0 Å². The van der Waals surface area contributed by atoms with Crippen LogP contribution in [0.1, 0.15) is 59.8 Å². The summed E-state index contributed by atoms with van der Waals surface area (Å²) in [6, 6.07) is 2.45. The minimum absolute atomic E-state index is 0.0147. The first-order valence-electron chi connectivity index (χ1n) is 10.2. The van der Waals surface area contributed by atoms with Crippen LogP contribution in [0, 0.1) is 28.6 Å². The van der Waals surface area contributed by atoms with Gasteiger partial charge in [-0.2, -0.15) is 5.26 Å². The number of nitrogens with zero attached hydrogens (tertiary/aromatic N) is 1. The van der Waals surface area contributed by atoms with E-state index < -0.39 is 19.8 Å². The second kappa shape index (κ2) is 7.76. The Morgan fingerprint density at radius 3 is 2.26 bits per heavy atom. The summed E-state index contributed by atoms with van der Waals surface area (Å²) in [6.07, 6.45) is 3.52. The lowest BCUT2D eigenvalue weighted by molar-refractivity contribution is -0.172. The zero-order valence-electron chi connectivity index (χ0n) is 18.5. The van der Waals surface area contributed by atoms with Crippen LogP contribution in [0.15, 0.2) is 0 Å². The Hall–Kier alpha value is -0.453. The largest absolute Gasteiger partial charge is 0.413 e. The third-order valence-electron chi connectivity index (χ3n) is 7.91. The van der Waals surface area contributed by atoms with E-state index in [1.807, 2.05) is 0 Å². The molecule has 2 aliphatic rings. The zero-order valence-corrected chi connectivity index (χ0v) is 19.5. The number of ether oxygens (including phenoxy) is 2. The van der Waals surface area contributed by atoms with Crippen molar-refractivity contribution in [2.45, 2.75) is 95.9 Å². The van der Waals surface area contributed by atoms with Crippen molar-refractivity contribution in [1.29, 1.82) is 5.26 Å². The number of aliphatic hydroxyl groups is 1. The first kappa shape index (κ1) is 22.8. The fourth-order valence-electron chi connectivity index (χ4n) is 4.89. The molecule has 0 spiro atoms. The van der Waals surface area contributed by atoms with E-state index in [0.29, 0.717) is 12.8 Å². The average molecular weight is 398 g/mol. The molecule has 0 aromatic rings. The molecule has 2 fully saturated rings. The van der Waals surface area contributed by atoms with E-state index in [2.05, 4.69) is 46.9 Å². The fraction of sp³-hybridized carbons (Fsp3) is 0.952. The molecule has 6 heteroatoms. The SMILES string of the molecule is COC(C[C@H]1CC[C@@]2(C)[C@H](O[Si](C)(C)C(C)(C)C)CC[C@@]2(O)[C@H]1C#N)OC. The minimum Gasteiger partial charge on any atom is -0.413 e. The molecule has 0 amide bonds. The highest BCUT2D eigenvalue weighted by Gasteiger charge is 2.65. The molecular weight excluding hydrogens is 358 g/mol. The second-order valence-corrected chi connectivity index (χ2v) is 15.0. The molecule has 0 aromatic carbocycles. The minimum atomic E-state index is -1.95. The van der Waals surface area contributed by atoms with Crippen LogP contribution in [0.3, 0.4) is 0 Å². The molecule has 0 unspecified atom stereocenters. The van der Waals surface area contributed by atoms with Gasteiger partial charge in [-0.3, -0.25) is 0 Å². The molecule has 0 radical (unpaired) electrons. The molecular formula is C21H39NO4Si. The van der Waals surface area contributed by atoms with Crippen molar-refractivity contribution in [3.63, 3.8) is 0 Å². The highest BCUT2D eigenvalue weighted by Crippen LogP contribution is 2.61. The van der Waals surface area contributed by atoms with Crippen LogP contribution in [-0.4, -0.2) is 45.6 Å². The van der Waals surface area contributed by atoms with E-state index >= 15 is 0 Å². The second-order valence-electron chi connectivity index (χ2n) is 10.3. The molecule has 0 saturated heterocycles. The quantitative estimate of drug-likeness (QED) is 0.529. The van der Waals surface area contributed by atoms with Gasteiger partial charge in [0.2, 0.25) is 0 Å². The van der Waals surface area contributed by atoms with Gasteiger partial charge in [-0.05, 0) is 49.7 Å². The van der Waals surface area contributed by atoms with Crippen molar-refractivity contribution in [2.24, 2.45) is 17.3 Å².